The van der Waals surface area contributed by atoms with E-state index >= 15 is 0 Å². The van der Waals surface area contributed by atoms with Crippen molar-refractivity contribution in [3.63, 3.8) is 0 Å². The average molecular weight is 322 g/mol. The van der Waals surface area contributed by atoms with Gasteiger partial charge in [-0.05, 0) is 31.0 Å². The van der Waals surface area contributed by atoms with Gasteiger partial charge >= 0.3 is 0 Å². The number of halogens is 1. The van der Waals surface area contributed by atoms with Crippen molar-refractivity contribution < 1.29 is 17.9 Å². The van der Waals surface area contributed by atoms with Gasteiger partial charge in [0.05, 0.1) is 12.4 Å². The molecule has 0 saturated carbocycles. The molecule has 0 heterocycles. The first kappa shape index (κ1) is 17.4. The second kappa shape index (κ2) is 8.59. The molecule has 0 aliphatic rings. The summed E-state index contributed by atoms with van der Waals surface area (Å²) in [5.41, 5.74) is 0.830. The lowest BCUT2D eigenvalue weighted by atomic mass is 10.1. The molecule has 0 aromatic heterocycles. The zero-order valence-corrected chi connectivity index (χ0v) is 13.2. The smallest absolute Gasteiger partial charge is 0.212 e. The van der Waals surface area contributed by atoms with Crippen molar-refractivity contribution in [3.8, 4) is 0 Å². The zero-order chi connectivity index (χ0) is 15.0. The number of benzene rings is 1. The Bertz CT molecular complexity index is 507. The SMILES string of the molecule is COCOCCCS(=O)(=O)N[C@H](C)c1cccc(Cl)c1. The second-order valence-corrected chi connectivity index (χ2v) is 6.69. The van der Waals surface area contributed by atoms with Crippen LogP contribution in [-0.4, -0.2) is 34.7 Å². The minimum atomic E-state index is -3.34. The maximum Gasteiger partial charge on any atom is 0.212 e. The van der Waals surface area contributed by atoms with E-state index in [4.69, 9.17) is 21.1 Å². The predicted molar refractivity (Wildman–Crippen MR) is 79.2 cm³/mol. The van der Waals surface area contributed by atoms with Crippen molar-refractivity contribution in [2.75, 3.05) is 26.3 Å². The fraction of sp³-hybridized carbons (Fsp3) is 0.538. The number of sulfonamides is 1. The number of methoxy groups -OCH3 is 1. The summed E-state index contributed by atoms with van der Waals surface area (Å²) >= 11 is 5.89. The first-order valence-corrected chi connectivity index (χ1v) is 8.30. The summed E-state index contributed by atoms with van der Waals surface area (Å²) in [4.78, 5) is 0. The van der Waals surface area contributed by atoms with Crippen LogP contribution in [0.1, 0.15) is 24.9 Å². The molecule has 0 bridgehead atoms. The van der Waals surface area contributed by atoms with Gasteiger partial charge in [0.2, 0.25) is 10.0 Å². The highest BCUT2D eigenvalue weighted by molar-refractivity contribution is 7.89. The van der Waals surface area contributed by atoms with Gasteiger partial charge in [0.1, 0.15) is 6.79 Å². The van der Waals surface area contributed by atoms with Crippen molar-refractivity contribution >= 4 is 21.6 Å². The highest BCUT2D eigenvalue weighted by Gasteiger charge is 2.15. The van der Waals surface area contributed by atoms with Gasteiger partial charge in [-0.25, -0.2) is 13.1 Å². The van der Waals surface area contributed by atoms with Crippen LogP contribution in [0.15, 0.2) is 24.3 Å². The molecule has 0 amide bonds. The topological polar surface area (TPSA) is 64.6 Å². The summed E-state index contributed by atoms with van der Waals surface area (Å²) in [5, 5.41) is 0.585. The molecule has 0 radical (unpaired) electrons. The zero-order valence-electron chi connectivity index (χ0n) is 11.6. The summed E-state index contributed by atoms with van der Waals surface area (Å²) in [6, 6.07) is 6.80. The number of nitrogens with one attached hydrogen (secondary N) is 1. The Morgan fingerprint density at radius 1 is 1.40 bits per heavy atom. The van der Waals surface area contributed by atoms with E-state index in [1.165, 1.54) is 7.11 Å². The van der Waals surface area contributed by atoms with Crippen LogP contribution in [0.2, 0.25) is 5.02 Å². The quantitative estimate of drug-likeness (QED) is 0.560. The summed E-state index contributed by atoms with van der Waals surface area (Å²) in [6.07, 6.45) is 0.418. The molecular formula is C13H20ClNO4S. The molecular weight excluding hydrogens is 302 g/mol. The van der Waals surface area contributed by atoms with Crippen molar-refractivity contribution in [3.05, 3.63) is 34.9 Å². The molecule has 1 aromatic carbocycles. The van der Waals surface area contributed by atoms with Crippen LogP contribution < -0.4 is 4.72 Å². The Labute approximate surface area is 125 Å². The van der Waals surface area contributed by atoms with Crippen LogP contribution in [0.25, 0.3) is 0 Å². The summed E-state index contributed by atoms with van der Waals surface area (Å²) in [7, 11) is -1.82. The number of rotatable bonds is 9. The van der Waals surface area contributed by atoms with Crippen LogP contribution in [0, 0.1) is 0 Å². The molecule has 1 N–H and O–H groups in total. The predicted octanol–water partition coefficient (Wildman–Crippen LogP) is 2.33. The van der Waals surface area contributed by atoms with E-state index in [0.29, 0.717) is 18.1 Å². The largest absolute Gasteiger partial charge is 0.359 e. The van der Waals surface area contributed by atoms with Crippen LogP contribution in [-0.2, 0) is 19.5 Å². The first-order valence-electron chi connectivity index (χ1n) is 6.27. The van der Waals surface area contributed by atoms with Gasteiger partial charge < -0.3 is 9.47 Å². The van der Waals surface area contributed by atoms with Crippen molar-refractivity contribution in [2.45, 2.75) is 19.4 Å². The van der Waals surface area contributed by atoms with Crippen LogP contribution >= 0.6 is 11.6 Å². The lowest BCUT2D eigenvalue weighted by Gasteiger charge is -2.15. The highest BCUT2D eigenvalue weighted by Crippen LogP contribution is 2.18. The Balaban J connectivity index is 2.45. The summed E-state index contributed by atoms with van der Waals surface area (Å²) < 4.78 is 36.2. The maximum atomic E-state index is 11.9. The van der Waals surface area contributed by atoms with Crippen molar-refractivity contribution in [1.82, 2.24) is 4.72 Å². The molecule has 0 aliphatic heterocycles. The first-order chi connectivity index (χ1) is 9.44. The lowest BCUT2D eigenvalue weighted by Crippen LogP contribution is -2.29. The summed E-state index contributed by atoms with van der Waals surface area (Å²) in [6.45, 7) is 2.30. The molecule has 5 nitrogen and oxygen atoms in total. The monoisotopic (exact) mass is 321 g/mol. The molecule has 0 aliphatic carbocycles. The molecule has 1 rings (SSSR count). The highest BCUT2D eigenvalue weighted by atomic mass is 35.5. The molecule has 114 valence electrons. The van der Waals surface area contributed by atoms with Gasteiger partial charge in [-0.2, -0.15) is 0 Å². The summed E-state index contributed by atoms with van der Waals surface area (Å²) in [5.74, 6) is 0.0155. The van der Waals surface area contributed by atoms with E-state index in [2.05, 4.69) is 4.72 Å². The third-order valence-electron chi connectivity index (χ3n) is 2.61. The molecule has 0 spiro atoms. The number of ether oxygens (including phenoxy) is 2. The van der Waals surface area contributed by atoms with Gasteiger partial charge in [-0.15, -0.1) is 0 Å². The Morgan fingerprint density at radius 3 is 2.80 bits per heavy atom. The fourth-order valence-corrected chi connectivity index (χ4v) is 3.15. The average Bonchev–Trinajstić information content (AvgIpc) is 2.38. The molecule has 0 saturated heterocycles. The molecule has 20 heavy (non-hydrogen) atoms. The van der Waals surface area contributed by atoms with Gasteiger partial charge in [-0.1, -0.05) is 23.7 Å². The number of hydrogen-bond acceptors (Lipinski definition) is 4. The van der Waals surface area contributed by atoms with Crippen LogP contribution in [0.3, 0.4) is 0 Å². The Kier molecular flexibility index (Phi) is 7.47. The van der Waals surface area contributed by atoms with E-state index in [1.807, 2.05) is 6.07 Å². The van der Waals surface area contributed by atoms with Gasteiger partial charge in [-0.3, -0.25) is 0 Å². The molecule has 1 atom stereocenters. The maximum absolute atomic E-state index is 11.9. The third-order valence-corrected chi connectivity index (χ3v) is 4.38. The minimum Gasteiger partial charge on any atom is -0.359 e. The van der Waals surface area contributed by atoms with Gasteiger partial charge in [0, 0.05) is 18.2 Å². The van der Waals surface area contributed by atoms with Crippen LogP contribution in [0.5, 0.6) is 0 Å². The minimum absolute atomic E-state index is 0.0155. The second-order valence-electron chi connectivity index (χ2n) is 4.38. The molecule has 1 aromatic rings. The lowest BCUT2D eigenvalue weighted by molar-refractivity contribution is -0.0298. The van der Waals surface area contributed by atoms with Gasteiger partial charge in [0.15, 0.2) is 0 Å². The van der Waals surface area contributed by atoms with Gasteiger partial charge in [0.25, 0.3) is 0 Å². The van der Waals surface area contributed by atoms with E-state index in [-0.39, 0.29) is 18.6 Å². The van der Waals surface area contributed by atoms with Crippen molar-refractivity contribution in [1.29, 1.82) is 0 Å². The number of hydrogen-bond donors (Lipinski definition) is 1. The van der Waals surface area contributed by atoms with Crippen LogP contribution in [0.4, 0.5) is 0 Å². The van der Waals surface area contributed by atoms with Crippen molar-refractivity contribution in [2.24, 2.45) is 0 Å². The molecule has 0 unspecified atom stereocenters. The third kappa shape index (κ3) is 6.67. The Morgan fingerprint density at radius 2 is 2.15 bits per heavy atom. The normalized spacial score (nSPS) is 13.3. The fourth-order valence-electron chi connectivity index (χ4n) is 1.67. The Hall–Kier alpha value is -0.660. The molecule has 7 heteroatoms. The standard InChI is InChI=1S/C13H20ClNO4S/c1-11(12-5-3-6-13(14)9-12)15-20(16,17)8-4-7-19-10-18-2/h3,5-6,9,11,15H,4,7-8,10H2,1-2H3/t11-/m1/s1. The van der Waals surface area contributed by atoms with E-state index in [0.717, 1.165) is 5.56 Å². The van der Waals surface area contributed by atoms with E-state index in [1.54, 1.807) is 25.1 Å². The van der Waals surface area contributed by atoms with E-state index < -0.39 is 10.0 Å². The van der Waals surface area contributed by atoms with E-state index in [9.17, 15) is 8.42 Å². The molecule has 0 fully saturated rings.